The summed E-state index contributed by atoms with van der Waals surface area (Å²) in [7, 11) is -0.502. The number of carbonyl (C=O) groups is 1. The van der Waals surface area contributed by atoms with Gasteiger partial charge in [-0.05, 0) is 49.9 Å². The Morgan fingerprint density at radius 1 is 1.09 bits per heavy atom. The third kappa shape index (κ3) is 5.10. The average molecular weight is 326 g/mol. The van der Waals surface area contributed by atoms with E-state index in [9.17, 15) is 13.2 Å². The number of sulfonamides is 1. The van der Waals surface area contributed by atoms with Gasteiger partial charge in [-0.2, -0.15) is 0 Å². The van der Waals surface area contributed by atoms with Crippen molar-refractivity contribution in [3.8, 4) is 0 Å². The highest BCUT2D eigenvalue weighted by molar-refractivity contribution is 7.89. The molecule has 124 valence electrons. The van der Waals surface area contributed by atoms with E-state index in [2.05, 4.69) is 19.2 Å². The topological polar surface area (TPSA) is 66.5 Å². The van der Waals surface area contributed by atoms with Crippen molar-refractivity contribution in [3.63, 3.8) is 0 Å². The van der Waals surface area contributed by atoms with Crippen molar-refractivity contribution in [1.29, 1.82) is 0 Å². The van der Waals surface area contributed by atoms with Gasteiger partial charge in [-0.25, -0.2) is 12.7 Å². The van der Waals surface area contributed by atoms with E-state index in [4.69, 9.17) is 0 Å². The molecule has 1 amide bonds. The van der Waals surface area contributed by atoms with Crippen LogP contribution >= 0.6 is 0 Å². The minimum absolute atomic E-state index is 0.0973. The van der Waals surface area contributed by atoms with Gasteiger partial charge in [0.15, 0.2) is 0 Å². The van der Waals surface area contributed by atoms with Crippen molar-refractivity contribution >= 4 is 15.9 Å². The van der Waals surface area contributed by atoms with Crippen LogP contribution in [0.15, 0.2) is 29.2 Å². The van der Waals surface area contributed by atoms with Gasteiger partial charge in [-0.1, -0.05) is 13.8 Å². The fourth-order valence-corrected chi connectivity index (χ4v) is 2.85. The summed E-state index contributed by atoms with van der Waals surface area (Å²) in [5, 5.41) is 2.93. The maximum Gasteiger partial charge on any atom is 0.251 e. The van der Waals surface area contributed by atoms with E-state index in [1.54, 1.807) is 12.1 Å². The molecule has 0 radical (unpaired) electrons. The van der Waals surface area contributed by atoms with Crippen LogP contribution < -0.4 is 5.32 Å². The Morgan fingerprint density at radius 3 is 2.09 bits per heavy atom. The highest BCUT2D eigenvalue weighted by Gasteiger charge is 2.18. The average Bonchev–Trinajstić information content (AvgIpc) is 2.45. The van der Waals surface area contributed by atoms with Gasteiger partial charge in [0.05, 0.1) is 4.90 Å². The van der Waals surface area contributed by atoms with Crippen LogP contribution in [0.1, 0.15) is 44.0 Å². The van der Waals surface area contributed by atoms with E-state index in [-0.39, 0.29) is 16.8 Å². The van der Waals surface area contributed by atoms with Gasteiger partial charge >= 0.3 is 0 Å². The molecule has 0 spiro atoms. The summed E-state index contributed by atoms with van der Waals surface area (Å²) in [5.41, 5.74) is 0.467. The molecule has 0 saturated heterocycles. The molecule has 0 aliphatic heterocycles. The van der Waals surface area contributed by atoms with E-state index in [0.29, 0.717) is 11.5 Å². The molecule has 0 fully saturated rings. The van der Waals surface area contributed by atoms with Gasteiger partial charge < -0.3 is 5.32 Å². The molecule has 0 aromatic heterocycles. The first-order valence-electron chi connectivity index (χ1n) is 7.48. The molecule has 1 aromatic carbocycles. The molecule has 1 N–H and O–H groups in total. The third-order valence-electron chi connectivity index (χ3n) is 3.45. The van der Waals surface area contributed by atoms with Gasteiger partial charge in [0.2, 0.25) is 10.0 Å². The lowest BCUT2D eigenvalue weighted by Gasteiger charge is -2.15. The molecule has 0 heterocycles. The molecule has 0 unspecified atom stereocenters. The van der Waals surface area contributed by atoms with Crippen molar-refractivity contribution in [2.24, 2.45) is 5.92 Å². The summed E-state index contributed by atoms with van der Waals surface area (Å²) >= 11 is 0. The predicted octanol–water partition coefficient (Wildman–Crippen LogP) is 2.49. The Morgan fingerprint density at radius 2 is 1.64 bits per heavy atom. The maximum atomic E-state index is 12.1. The number of nitrogens with zero attached hydrogens (tertiary/aromatic N) is 1. The minimum atomic E-state index is -3.46. The van der Waals surface area contributed by atoms with E-state index in [1.165, 1.54) is 26.2 Å². The second-order valence-electron chi connectivity index (χ2n) is 6.16. The maximum absolute atomic E-state index is 12.1. The number of carbonyl (C=O) groups excluding carboxylic acids is 1. The number of amides is 1. The van der Waals surface area contributed by atoms with Crippen molar-refractivity contribution in [1.82, 2.24) is 9.62 Å². The lowest BCUT2D eigenvalue weighted by molar-refractivity contribution is 0.0937. The fourth-order valence-electron chi connectivity index (χ4n) is 1.95. The van der Waals surface area contributed by atoms with Crippen LogP contribution in [0.25, 0.3) is 0 Å². The summed E-state index contributed by atoms with van der Waals surface area (Å²) in [6, 6.07) is 6.11. The fraction of sp³-hybridized carbons (Fsp3) is 0.562. The quantitative estimate of drug-likeness (QED) is 0.837. The van der Waals surface area contributed by atoms with Crippen LogP contribution in [-0.2, 0) is 10.0 Å². The zero-order valence-corrected chi connectivity index (χ0v) is 14.8. The normalized spacial score (nSPS) is 13.4. The van der Waals surface area contributed by atoms with Crippen molar-refractivity contribution in [3.05, 3.63) is 29.8 Å². The summed E-state index contributed by atoms with van der Waals surface area (Å²) in [6.45, 7) is 6.28. The molecular weight excluding hydrogens is 300 g/mol. The molecule has 0 saturated carbocycles. The summed E-state index contributed by atoms with van der Waals surface area (Å²) in [4.78, 5) is 12.3. The summed E-state index contributed by atoms with van der Waals surface area (Å²) < 4.78 is 25.1. The number of nitrogens with one attached hydrogen (secondary N) is 1. The first kappa shape index (κ1) is 18.6. The van der Waals surface area contributed by atoms with Gasteiger partial charge in [0.25, 0.3) is 5.91 Å². The molecular formula is C16H26N2O3S. The van der Waals surface area contributed by atoms with Crippen molar-refractivity contribution in [2.45, 2.75) is 44.6 Å². The summed E-state index contributed by atoms with van der Waals surface area (Å²) in [5.74, 6) is 0.430. The number of hydrogen-bond donors (Lipinski definition) is 1. The van der Waals surface area contributed by atoms with Gasteiger partial charge in [0.1, 0.15) is 0 Å². The van der Waals surface area contributed by atoms with Crippen LogP contribution in [0.3, 0.4) is 0 Å². The highest BCUT2D eigenvalue weighted by Crippen LogP contribution is 2.14. The highest BCUT2D eigenvalue weighted by atomic mass is 32.2. The van der Waals surface area contributed by atoms with Gasteiger partial charge in [0, 0.05) is 25.7 Å². The number of rotatable bonds is 7. The van der Waals surface area contributed by atoms with Gasteiger partial charge in [-0.3, -0.25) is 4.79 Å². The van der Waals surface area contributed by atoms with E-state index >= 15 is 0 Å². The molecule has 6 heteroatoms. The first-order chi connectivity index (χ1) is 10.1. The Labute approximate surface area is 133 Å². The zero-order chi connectivity index (χ0) is 16.9. The zero-order valence-electron chi connectivity index (χ0n) is 14.0. The molecule has 22 heavy (non-hydrogen) atoms. The molecule has 0 bridgehead atoms. The van der Waals surface area contributed by atoms with Crippen LogP contribution in [0, 0.1) is 5.92 Å². The van der Waals surface area contributed by atoms with Gasteiger partial charge in [-0.15, -0.1) is 0 Å². The van der Waals surface area contributed by atoms with E-state index in [0.717, 1.165) is 17.1 Å². The van der Waals surface area contributed by atoms with Crippen molar-refractivity contribution in [2.75, 3.05) is 14.1 Å². The molecule has 1 atom stereocenters. The van der Waals surface area contributed by atoms with E-state index in [1.807, 2.05) is 6.92 Å². The Balaban J connectivity index is 2.73. The van der Waals surface area contributed by atoms with E-state index < -0.39 is 10.0 Å². The summed E-state index contributed by atoms with van der Waals surface area (Å²) in [6.07, 6.45) is 1.98. The smallest absolute Gasteiger partial charge is 0.251 e. The molecule has 0 aliphatic rings. The molecule has 5 nitrogen and oxygen atoms in total. The number of hydrogen-bond acceptors (Lipinski definition) is 3. The molecule has 0 aliphatic carbocycles. The standard InChI is InChI=1S/C16H26N2O3S/c1-12(2)6-7-13(3)17-16(19)14-8-10-15(11-9-14)22(20,21)18(4)5/h8-13H,6-7H2,1-5H3,(H,17,19)/t13-/m1/s1. The molecule has 1 aromatic rings. The Bertz CT molecular complexity index is 592. The first-order valence-corrected chi connectivity index (χ1v) is 8.92. The van der Waals surface area contributed by atoms with Crippen LogP contribution in [0.4, 0.5) is 0 Å². The van der Waals surface area contributed by atoms with Crippen molar-refractivity contribution < 1.29 is 13.2 Å². The Hall–Kier alpha value is -1.40. The number of benzene rings is 1. The third-order valence-corrected chi connectivity index (χ3v) is 5.28. The monoisotopic (exact) mass is 326 g/mol. The van der Waals surface area contributed by atoms with Crippen LogP contribution in [0.2, 0.25) is 0 Å². The molecule has 1 rings (SSSR count). The lowest BCUT2D eigenvalue weighted by Crippen LogP contribution is -2.32. The predicted molar refractivity (Wildman–Crippen MR) is 88.3 cm³/mol. The Kier molecular flexibility index (Phi) is 6.56. The van der Waals surface area contributed by atoms with Crippen LogP contribution in [-0.4, -0.2) is 38.8 Å². The lowest BCUT2D eigenvalue weighted by atomic mass is 10.0. The minimum Gasteiger partial charge on any atom is -0.350 e. The van der Waals surface area contributed by atoms with Crippen LogP contribution in [0.5, 0.6) is 0 Å². The SMILES string of the molecule is CC(C)CC[C@@H](C)NC(=O)c1ccc(S(=O)(=O)N(C)C)cc1. The second kappa shape index (κ2) is 7.74. The largest absolute Gasteiger partial charge is 0.350 e. The second-order valence-corrected chi connectivity index (χ2v) is 8.31.